The summed E-state index contributed by atoms with van der Waals surface area (Å²) in [6.45, 7) is 0. The molecule has 0 bridgehead atoms. The van der Waals surface area contributed by atoms with Gasteiger partial charge in [-0.3, -0.25) is 4.98 Å². The van der Waals surface area contributed by atoms with Crippen molar-refractivity contribution in [2.45, 2.75) is 6.18 Å². The van der Waals surface area contributed by atoms with Crippen LogP contribution >= 0.6 is 15.9 Å². The van der Waals surface area contributed by atoms with E-state index in [-0.39, 0.29) is 0 Å². The number of pyridine rings is 1. The van der Waals surface area contributed by atoms with Crippen LogP contribution in [0.3, 0.4) is 0 Å². The van der Waals surface area contributed by atoms with E-state index in [9.17, 15) is 13.2 Å². The Hall–Kier alpha value is -0.580. The number of alkyl halides is 3. The zero-order valence-corrected chi connectivity index (χ0v) is 6.55. The van der Waals surface area contributed by atoms with E-state index in [1.807, 2.05) is 0 Å². The Morgan fingerprint density at radius 1 is 1.55 bits per heavy atom. The van der Waals surface area contributed by atoms with Crippen molar-refractivity contribution in [2.24, 2.45) is 0 Å². The van der Waals surface area contributed by atoms with Gasteiger partial charge in [-0.15, -0.1) is 0 Å². The molecule has 1 rings (SSSR count). The molecule has 0 aliphatic rings. The van der Waals surface area contributed by atoms with E-state index in [1.54, 1.807) is 0 Å². The lowest BCUT2D eigenvalue weighted by Gasteiger charge is -2.06. The van der Waals surface area contributed by atoms with Gasteiger partial charge in [-0.25, -0.2) is 0 Å². The van der Waals surface area contributed by atoms with Gasteiger partial charge >= 0.3 is 6.18 Å². The van der Waals surface area contributed by atoms with Crippen LogP contribution in [0.4, 0.5) is 13.2 Å². The van der Waals surface area contributed by atoms with Gasteiger partial charge in [-0.2, -0.15) is 13.2 Å². The Balaban J connectivity index is 3.56. The molecular formula is C6H3BrF3N. The standard InChI is InChI=1S/C6H3BrF3N/c7-5-3-11-2-1-4(5)6(8,9)10/h1-3H/i1D,2D,3D. The first-order chi connectivity index (χ1) is 6.25. The lowest BCUT2D eigenvalue weighted by Crippen LogP contribution is -2.05. The lowest BCUT2D eigenvalue weighted by atomic mass is 10.3. The molecule has 0 aliphatic heterocycles. The van der Waals surface area contributed by atoms with Crippen molar-refractivity contribution in [3.05, 3.63) is 28.4 Å². The fourth-order valence-corrected chi connectivity index (χ4v) is 0.880. The highest BCUT2D eigenvalue weighted by Gasteiger charge is 2.32. The van der Waals surface area contributed by atoms with E-state index in [0.29, 0.717) is 0 Å². The highest BCUT2D eigenvalue weighted by atomic mass is 79.9. The molecule has 0 saturated carbocycles. The van der Waals surface area contributed by atoms with Crippen LogP contribution in [0, 0.1) is 0 Å². The molecule has 0 aromatic carbocycles. The van der Waals surface area contributed by atoms with Crippen LogP contribution in [0.15, 0.2) is 22.9 Å². The molecule has 0 saturated heterocycles. The summed E-state index contributed by atoms with van der Waals surface area (Å²) >= 11 is 2.53. The minimum Gasteiger partial charge on any atom is -0.264 e. The third-order valence-electron chi connectivity index (χ3n) is 0.894. The first kappa shape index (κ1) is 5.13. The highest BCUT2D eigenvalue weighted by Crippen LogP contribution is 2.33. The van der Waals surface area contributed by atoms with Crippen molar-refractivity contribution in [1.82, 2.24) is 4.98 Å². The smallest absolute Gasteiger partial charge is 0.264 e. The summed E-state index contributed by atoms with van der Waals surface area (Å²) < 4.78 is 57.3. The largest absolute Gasteiger partial charge is 0.417 e. The molecule has 1 aromatic rings. The van der Waals surface area contributed by atoms with Crippen LogP contribution in [0.25, 0.3) is 0 Å². The second-order valence-corrected chi connectivity index (χ2v) is 2.44. The quantitative estimate of drug-likeness (QED) is 0.666. The van der Waals surface area contributed by atoms with Crippen LogP contribution < -0.4 is 0 Å². The van der Waals surface area contributed by atoms with E-state index in [2.05, 4.69) is 20.9 Å². The van der Waals surface area contributed by atoms with Crippen molar-refractivity contribution in [2.75, 3.05) is 0 Å². The number of hydrogen-bond donors (Lipinski definition) is 0. The molecule has 0 aliphatic carbocycles. The van der Waals surface area contributed by atoms with Gasteiger partial charge in [-0.05, 0) is 22.0 Å². The van der Waals surface area contributed by atoms with Crippen LogP contribution in [0.5, 0.6) is 0 Å². The second kappa shape index (κ2) is 2.81. The summed E-state index contributed by atoms with van der Waals surface area (Å²) in [6, 6.07) is -1.03. The fourth-order valence-electron chi connectivity index (χ4n) is 0.467. The number of halogens is 4. The molecule has 0 N–H and O–H groups in total. The zero-order valence-electron chi connectivity index (χ0n) is 7.96. The zero-order chi connectivity index (χ0) is 11.1. The maximum Gasteiger partial charge on any atom is 0.417 e. The number of nitrogens with zero attached hydrogens (tertiary/aromatic N) is 1. The average Bonchev–Trinajstić information content (AvgIpc) is 1.98. The fraction of sp³-hybridized carbons (Fsp3) is 0.167. The Morgan fingerprint density at radius 2 is 2.18 bits per heavy atom. The monoisotopic (exact) mass is 228 g/mol. The predicted octanol–water partition coefficient (Wildman–Crippen LogP) is 2.86. The lowest BCUT2D eigenvalue weighted by molar-refractivity contribution is -0.138. The Bertz CT molecular complexity index is 353. The molecule has 0 spiro atoms. The molecule has 0 unspecified atom stereocenters. The Morgan fingerprint density at radius 3 is 2.73 bits per heavy atom. The van der Waals surface area contributed by atoms with Crippen molar-refractivity contribution in [3.63, 3.8) is 0 Å². The van der Waals surface area contributed by atoms with Gasteiger partial charge in [0.25, 0.3) is 0 Å². The van der Waals surface area contributed by atoms with Crippen LogP contribution in [0.1, 0.15) is 9.68 Å². The normalized spacial score (nSPS) is 15.5. The van der Waals surface area contributed by atoms with Crippen molar-refractivity contribution in [3.8, 4) is 0 Å². The number of aromatic nitrogens is 1. The van der Waals surface area contributed by atoms with E-state index < -0.39 is 34.6 Å². The molecule has 0 radical (unpaired) electrons. The van der Waals surface area contributed by atoms with Crippen molar-refractivity contribution >= 4 is 15.9 Å². The maximum atomic E-state index is 12.3. The first-order valence-electron chi connectivity index (χ1n) is 3.95. The van der Waals surface area contributed by atoms with E-state index in [4.69, 9.17) is 4.11 Å². The molecule has 1 heterocycles. The molecule has 0 atom stereocenters. The van der Waals surface area contributed by atoms with Crippen LogP contribution in [-0.2, 0) is 6.18 Å². The summed E-state index contributed by atoms with van der Waals surface area (Å²) in [4.78, 5) is 3.15. The first-order valence-corrected chi connectivity index (χ1v) is 3.25. The van der Waals surface area contributed by atoms with Gasteiger partial charge < -0.3 is 0 Å². The highest BCUT2D eigenvalue weighted by molar-refractivity contribution is 9.10. The van der Waals surface area contributed by atoms with Gasteiger partial charge in [0.2, 0.25) is 0 Å². The second-order valence-electron chi connectivity index (χ2n) is 1.65. The molecule has 5 heteroatoms. The molecular weight excluding hydrogens is 223 g/mol. The molecule has 60 valence electrons. The molecule has 0 amide bonds. The van der Waals surface area contributed by atoms with Crippen LogP contribution in [-0.4, -0.2) is 4.98 Å². The minimum atomic E-state index is -4.76. The summed E-state index contributed by atoms with van der Waals surface area (Å²) in [5.41, 5.74) is -1.33. The van der Waals surface area contributed by atoms with Gasteiger partial charge in [0.1, 0.15) is 0 Å². The third-order valence-corrected chi connectivity index (χ3v) is 1.47. The number of hydrogen-bond acceptors (Lipinski definition) is 1. The molecule has 11 heavy (non-hydrogen) atoms. The topological polar surface area (TPSA) is 12.9 Å². The summed E-state index contributed by atoms with van der Waals surface area (Å²) in [6.07, 6.45) is -6.31. The van der Waals surface area contributed by atoms with Gasteiger partial charge in [0, 0.05) is 16.8 Å². The summed E-state index contributed by atoms with van der Waals surface area (Å²) in [7, 11) is 0. The maximum absolute atomic E-state index is 12.3. The SMILES string of the molecule is [2H]c1nc([2H])c(Br)c(C(F)(F)F)c1[2H]. The van der Waals surface area contributed by atoms with Gasteiger partial charge in [0.05, 0.1) is 9.68 Å². The van der Waals surface area contributed by atoms with E-state index >= 15 is 0 Å². The van der Waals surface area contributed by atoms with Gasteiger partial charge in [0.15, 0.2) is 0 Å². The van der Waals surface area contributed by atoms with E-state index in [1.165, 1.54) is 0 Å². The summed E-state index contributed by atoms with van der Waals surface area (Å²) in [5, 5.41) is 0. The van der Waals surface area contributed by atoms with Gasteiger partial charge in [-0.1, -0.05) is 0 Å². The van der Waals surface area contributed by atoms with E-state index in [0.717, 1.165) is 0 Å². The van der Waals surface area contributed by atoms with Crippen molar-refractivity contribution < 1.29 is 17.3 Å². The minimum absolute atomic E-state index is 0.606. The Kier molecular flexibility index (Phi) is 1.31. The molecule has 0 fully saturated rings. The van der Waals surface area contributed by atoms with Crippen molar-refractivity contribution in [1.29, 1.82) is 0 Å². The molecule has 1 aromatic heterocycles. The Labute approximate surface area is 73.6 Å². The third kappa shape index (κ3) is 1.92. The number of rotatable bonds is 0. The predicted molar refractivity (Wildman–Crippen MR) is 36.9 cm³/mol. The molecule has 1 nitrogen and oxygen atoms in total. The summed E-state index contributed by atoms with van der Waals surface area (Å²) in [5.74, 6) is 0. The van der Waals surface area contributed by atoms with Crippen LogP contribution in [0.2, 0.25) is 0 Å². The average molecular weight is 229 g/mol.